The maximum absolute atomic E-state index is 12.9. The fourth-order valence-corrected chi connectivity index (χ4v) is 3.72. The fraction of sp³-hybridized carbons (Fsp3) is 0.652. The number of anilines is 2. The van der Waals surface area contributed by atoms with Crippen LogP contribution in [-0.2, 0) is 16.1 Å². The SMILES string of the molecule is COCCN(Cc1cc(NC(=O)C2CCCC2)ccc1N(C)C)C(=O)NC(C)(C)C. The Morgan fingerprint density at radius 3 is 2.40 bits per heavy atom. The van der Waals surface area contributed by atoms with Gasteiger partial charge in [-0.15, -0.1) is 0 Å². The molecule has 1 aromatic rings. The summed E-state index contributed by atoms with van der Waals surface area (Å²) in [5.74, 6) is 0.204. The molecule has 1 aromatic carbocycles. The van der Waals surface area contributed by atoms with E-state index < -0.39 is 0 Å². The average molecular weight is 419 g/mol. The van der Waals surface area contributed by atoms with Crippen LogP contribution in [0.4, 0.5) is 16.2 Å². The highest BCUT2D eigenvalue weighted by molar-refractivity contribution is 5.93. The molecule has 2 N–H and O–H groups in total. The third kappa shape index (κ3) is 7.20. The lowest BCUT2D eigenvalue weighted by atomic mass is 10.1. The Bertz CT molecular complexity index is 722. The quantitative estimate of drug-likeness (QED) is 0.673. The van der Waals surface area contributed by atoms with Crippen molar-refractivity contribution >= 4 is 23.3 Å². The number of methoxy groups -OCH3 is 1. The summed E-state index contributed by atoms with van der Waals surface area (Å²) < 4.78 is 5.21. The number of benzene rings is 1. The molecule has 0 spiro atoms. The zero-order chi connectivity index (χ0) is 22.3. The Hall–Kier alpha value is -2.28. The summed E-state index contributed by atoms with van der Waals surface area (Å²) in [6.07, 6.45) is 4.18. The molecule has 1 fully saturated rings. The molecule has 0 aromatic heterocycles. The van der Waals surface area contributed by atoms with Crippen LogP contribution in [-0.4, -0.2) is 56.7 Å². The Morgan fingerprint density at radius 2 is 1.83 bits per heavy atom. The topological polar surface area (TPSA) is 73.9 Å². The highest BCUT2D eigenvalue weighted by Crippen LogP contribution is 2.28. The molecule has 1 aliphatic rings. The van der Waals surface area contributed by atoms with Gasteiger partial charge >= 0.3 is 6.03 Å². The first-order valence-electron chi connectivity index (χ1n) is 10.8. The molecule has 0 aliphatic heterocycles. The largest absolute Gasteiger partial charge is 0.383 e. The van der Waals surface area contributed by atoms with E-state index in [1.807, 2.05) is 58.0 Å². The van der Waals surface area contributed by atoms with Gasteiger partial charge in [0.15, 0.2) is 0 Å². The van der Waals surface area contributed by atoms with Crippen LogP contribution in [0.5, 0.6) is 0 Å². The van der Waals surface area contributed by atoms with Crippen LogP contribution >= 0.6 is 0 Å². The molecule has 0 radical (unpaired) electrons. The van der Waals surface area contributed by atoms with Crippen molar-refractivity contribution in [2.75, 3.05) is 44.6 Å². The minimum Gasteiger partial charge on any atom is -0.383 e. The first kappa shape index (κ1) is 24.0. The molecule has 7 nitrogen and oxygen atoms in total. The second-order valence-electron chi connectivity index (χ2n) is 9.30. The molecular weight excluding hydrogens is 380 g/mol. The van der Waals surface area contributed by atoms with Crippen LogP contribution in [0.15, 0.2) is 18.2 Å². The van der Waals surface area contributed by atoms with E-state index in [0.717, 1.165) is 42.6 Å². The second-order valence-corrected chi connectivity index (χ2v) is 9.30. The van der Waals surface area contributed by atoms with Gasteiger partial charge in [0.1, 0.15) is 0 Å². The number of hydrogen-bond acceptors (Lipinski definition) is 4. The monoisotopic (exact) mass is 418 g/mol. The Kier molecular flexibility index (Phi) is 8.53. The molecular formula is C23H38N4O3. The van der Waals surface area contributed by atoms with Gasteiger partial charge < -0.3 is 25.2 Å². The number of amides is 3. The number of nitrogens with zero attached hydrogens (tertiary/aromatic N) is 2. The lowest BCUT2D eigenvalue weighted by Gasteiger charge is -2.30. The van der Waals surface area contributed by atoms with Crippen LogP contribution in [0, 0.1) is 5.92 Å². The number of rotatable bonds is 8. The number of ether oxygens (including phenoxy) is 1. The third-order valence-corrected chi connectivity index (χ3v) is 5.25. The summed E-state index contributed by atoms with van der Waals surface area (Å²) in [4.78, 5) is 29.2. The van der Waals surface area contributed by atoms with Gasteiger partial charge in [-0.25, -0.2) is 4.79 Å². The molecule has 168 valence electrons. The van der Waals surface area contributed by atoms with E-state index >= 15 is 0 Å². The van der Waals surface area contributed by atoms with E-state index in [-0.39, 0.29) is 23.4 Å². The Labute approximate surface area is 181 Å². The standard InChI is InChI=1S/C23H38N4O3/c1-23(2,3)25-22(29)27(13-14-30-6)16-18-15-19(11-12-20(18)26(4)5)24-21(28)17-9-7-8-10-17/h11-12,15,17H,7-10,13-14,16H2,1-6H3,(H,24,28)(H,25,29). The van der Waals surface area contributed by atoms with Gasteiger partial charge in [0.2, 0.25) is 5.91 Å². The summed E-state index contributed by atoms with van der Waals surface area (Å²) >= 11 is 0. The summed E-state index contributed by atoms with van der Waals surface area (Å²) in [6.45, 7) is 7.24. The van der Waals surface area contributed by atoms with Crippen molar-refractivity contribution in [3.05, 3.63) is 23.8 Å². The van der Waals surface area contributed by atoms with Crippen LogP contribution in [0.25, 0.3) is 0 Å². The molecule has 0 unspecified atom stereocenters. The zero-order valence-electron chi connectivity index (χ0n) is 19.4. The molecule has 3 amide bonds. The molecule has 0 bridgehead atoms. The highest BCUT2D eigenvalue weighted by Gasteiger charge is 2.24. The van der Waals surface area contributed by atoms with Crippen LogP contribution in [0.2, 0.25) is 0 Å². The van der Waals surface area contributed by atoms with Crippen LogP contribution in [0.1, 0.15) is 52.0 Å². The summed E-state index contributed by atoms with van der Waals surface area (Å²) in [7, 11) is 5.58. The lowest BCUT2D eigenvalue weighted by molar-refractivity contribution is -0.119. The number of nitrogens with one attached hydrogen (secondary N) is 2. The first-order valence-corrected chi connectivity index (χ1v) is 10.8. The van der Waals surface area contributed by atoms with Crippen molar-refractivity contribution < 1.29 is 14.3 Å². The van der Waals surface area contributed by atoms with E-state index in [4.69, 9.17) is 4.74 Å². The smallest absolute Gasteiger partial charge is 0.318 e. The summed E-state index contributed by atoms with van der Waals surface area (Å²) in [5.41, 5.74) is 2.43. The highest BCUT2D eigenvalue weighted by atomic mass is 16.5. The maximum Gasteiger partial charge on any atom is 0.318 e. The van der Waals surface area contributed by atoms with Crippen molar-refractivity contribution in [1.29, 1.82) is 0 Å². The van der Waals surface area contributed by atoms with Gasteiger partial charge in [-0.1, -0.05) is 12.8 Å². The number of carbonyl (C=O) groups excluding carboxylic acids is 2. The van der Waals surface area contributed by atoms with Gasteiger partial charge in [-0.05, 0) is 57.4 Å². The van der Waals surface area contributed by atoms with Gasteiger partial charge in [0.05, 0.1) is 6.61 Å². The van der Waals surface area contributed by atoms with Crippen LogP contribution in [0.3, 0.4) is 0 Å². The first-order chi connectivity index (χ1) is 14.1. The van der Waals surface area contributed by atoms with Gasteiger partial charge in [0.25, 0.3) is 0 Å². The summed E-state index contributed by atoms with van der Waals surface area (Å²) in [5, 5.41) is 6.10. The predicted molar refractivity (Wildman–Crippen MR) is 122 cm³/mol. The average Bonchev–Trinajstić information content (AvgIpc) is 3.18. The third-order valence-electron chi connectivity index (χ3n) is 5.25. The molecule has 1 saturated carbocycles. The minimum absolute atomic E-state index is 0.0952. The van der Waals surface area contributed by atoms with Crippen molar-refractivity contribution in [2.24, 2.45) is 5.92 Å². The number of urea groups is 1. The van der Waals surface area contributed by atoms with E-state index in [1.165, 1.54) is 0 Å². The molecule has 0 heterocycles. The van der Waals surface area contributed by atoms with E-state index in [0.29, 0.717) is 19.7 Å². The second kappa shape index (κ2) is 10.7. The zero-order valence-corrected chi connectivity index (χ0v) is 19.4. The van der Waals surface area contributed by atoms with E-state index in [2.05, 4.69) is 10.6 Å². The predicted octanol–water partition coefficient (Wildman–Crippen LogP) is 3.84. The Balaban J connectivity index is 2.23. The molecule has 2 rings (SSSR count). The molecule has 0 atom stereocenters. The van der Waals surface area contributed by atoms with Gasteiger partial charge in [0, 0.05) is 57.1 Å². The van der Waals surface area contributed by atoms with Crippen molar-refractivity contribution in [2.45, 2.75) is 58.5 Å². The van der Waals surface area contributed by atoms with Gasteiger partial charge in [-0.3, -0.25) is 4.79 Å². The number of carbonyl (C=O) groups is 2. The molecule has 30 heavy (non-hydrogen) atoms. The van der Waals surface area contributed by atoms with Crippen LogP contribution < -0.4 is 15.5 Å². The van der Waals surface area contributed by atoms with Crippen molar-refractivity contribution in [1.82, 2.24) is 10.2 Å². The maximum atomic E-state index is 12.9. The van der Waals surface area contributed by atoms with E-state index in [9.17, 15) is 9.59 Å². The molecule has 1 aliphatic carbocycles. The molecule has 0 saturated heterocycles. The lowest BCUT2D eigenvalue weighted by Crippen LogP contribution is -2.49. The Morgan fingerprint density at radius 1 is 1.17 bits per heavy atom. The molecule has 7 heteroatoms. The van der Waals surface area contributed by atoms with Crippen molar-refractivity contribution in [3.63, 3.8) is 0 Å². The van der Waals surface area contributed by atoms with E-state index in [1.54, 1.807) is 12.0 Å². The number of hydrogen-bond donors (Lipinski definition) is 2. The minimum atomic E-state index is -0.329. The summed E-state index contributed by atoms with van der Waals surface area (Å²) in [6, 6.07) is 5.77. The van der Waals surface area contributed by atoms with Crippen molar-refractivity contribution in [3.8, 4) is 0 Å². The van der Waals surface area contributed by atoms with Gasteiger partial charge in [-0.2, -0.15) is 0 Å². The normalized spacial score (nSPS) is 14.5. The fourth-order valence-electron chi connectivity index (χ4n) is 3.72.